The van der Waals surface area contributed by atoms with E-state index in [1.807, 2.05) is 43.0 Å². The van der Waals surface area contributed by atoms with Crippen LogP contribution in [0.25, 0.3) is 0 Å². The molecule has 0 aliphatic carbocycles. The Hall–Kier alpha value is -3.06. The Morgan fingerprint density at radius 1 is 0.909 bits per heavy atom. The number of carbonyl (C=O) groups excluding carboxylic acids is 1. The van der Waals surface area contributed by atoms with Crippen molar-refractivity contribution in [3.8, 4) is 0 Å². The zero-order valence-corrected chi connectivity index (χ0v) is 20.0. The quantitative estimate of drug-likeness (QED) is 0.514. The van der Waals surface area contributed by atoms with E-state index in [1.165, 1.54) is 4.31 Å². The van der Waals surface area contributed by atoms with Crippen molar-refractivity contribution in [1.29, 1.82) is 0 Å². The largest absolute Gasteiger partial charge is 0.351 e. The van der Waals surface area contributed by atoms with Crippen LogP contribution in [0.2, 0.25) is 0 Å². The van der Waals surface area contributed by atoms with Gasteiger partial charge < -0.3 is 9.47 Å². The number of nitrogens with zero attached hydrogens (tertiary/aromatic N) is 3. The first kappa shape index (κ1) is 23.1. The number of hydrogen-bond acceptors (Lipinski definition) is 3. The van der Waals surface area contributed by atoms with Gasteiger partial charge in [-0.15, -0.1) is 0 Å². The molecule has 0 atom stereocenters. The molecule has 3 aromatic rings. The summed E-state index contributed by atoms with van der Waals surface area (Å²) < 4.78 is 30.5. The van der Waals surface area contributed by atoms with E-state index in [0.717, 1.165) is 24.0 Å². The molecule has 174 valence electrons. The molecule has 1 aliphatic heterocycles. The molecule has 0 spiro atoms. The first-order valence-electron chi connectivity index (χ1n) is 11.4. The van der Waals surface area contributed by atoms with Crippen LogP contribution in [-0.4, -0.2) is 43.4 Å². The monoisotopic (exact) mass is 465 g/mol. The Morgan fingerprint density at radius 2 is 1.45 bits per heavy atom. The van der Waals surface area contributed by atoms with E-state index >= 15 is 0 Å². The molecule has 0 bridgehead atoms. The second-order valence-corrected chi connectivity index (χ2v) is 10.6. The molecule has 1 fully saturated rings. The van der Waals surface area contributed by atoms with Gasteiger partial charge in [0.1, 0.15) is 0 Å². The first-order chi connectivity index (χ1) is 15.8. The minimum atomic E-state index is -3.79. The molecule has 2 heterocycles. The van der Waals surface area contributed by atoms with E-state index < -0.39 is 10.0 Å². The van der Waals surface area contributed by atoms with E-state index in [1.54, 1.807) is 36.4 Å². The minimum absolute atomic E-state index is 0.00262. The summed E-state index contributed by atoms with van der Waals surface area (Å²) in [5, 5.41) is 0. The number of benzene rings is 2. The van der Waals surface area contributed by atoms with Gasteiger partial charge in [-0.05, 0) is 63.1 Å². The lowest BCUT2D eigenvalue weighted by atomic mass is 10.0. The molecule has 1 amide bonds. The summed E-state index contributed by atoms with van der Waals surface area (Å²) in [4.78, 5) is 15.1. The number of anilines is 1. The smallest absolute Gasteiger partial charge is 0.264 e. The summed E-state index contributed by atoms with van der Waals surface area (Å²) in [5.41, 5.74) is 2.61. The summed E-state index contributed by atoms with van der Waals surface area (Å²) in [6.45, 7) is 5.37. The highest BCUT2D eigenvalue weighted by Gasteiger charge is 2.28. The van der Waals surface area contributed by atoms with Crippen LogP contribution < -0.4 is 4.31 Å². The second kappa shape index (κ2) is 9.83. The second-order valence-electron chi connectivity index (χ2n) is 8.72. The number of hydrogen-bond donors (Lipinski definition) is 0. The lowest BCUT2D eigenvalue weighted by Crippen LogP contribution is -2.41. The molecule has 6 nitrogen and oxygen atoms in total. The Kier molecular flexibility index (Phi) is 6.88. The van der Waals surface area contributed by atoms with Crippen molar-refractivity contribution in [1.82, 2.24) is 9.47 Å². The van der Waals surface area contributed by atoms with Crippen LogP contribution in [0.3, 0.4) is 0 Å². The van der Waals surface area contributed by atoms with Crippen molar-refractivity contribution in [3.63, 3.8) is 0 Å². The Labute approximate surface area is 196 Å². The van der Waals surface area contributed by atoms with Crippen LogP contribution in [-0.2, 0) is 14.8 Å². The molecule has 1 aromatic heterocycles. The zero-order chi connectivity index (χ0) is 23.4. The number of piperidine rings is 1. The lowest BCUT2D eigenvalue weighted by molar-refractivity contribution is -0.132. The molecule has 4 rings (SSSR count). The molecule has 7 heteroatoms. The summed E-state index contributed by atoms with van der Waals surface area (Å²) >= 11 is 0. The van der Waals surface area contributed by atoms with E-state index in [4.69, 9.17) is 0 Å². The summed E-state index contributed by atoms with van der Waals surface area (Å²) in [6, 6.07) is 18.7. The molecule has 0 unspecified atom stereocenters. The fourth-order valence-corrected chi connectivity index (χ4v) is 5.76. The third-order valence-corrected chi connectivity index (χ3v) is 8.17. The van der Waals surface area contributed by atoms with E-state index in [9.17, 15) is 13.2 Å². The molecule has 1 aliphatic rings. The Morgan fingerprint density at radius 3 is 2.03 bits per heavy atom. The lowest BCUT2D eigenvalue weighted by Gasteiger charge is -2.33. The van der Waals surface area contributed by atoms with Gasteiger partial charge in [0.25, 0.3) is 10.0 Å². The van der Waals surface area contributed by atoms with Gasteiger partial charge in [-0.25, -0.2) is 8.42 Å². The molecular weight excluding hydrogens is 434 g/mol. The van der Waals surface area contributed by atoms with Crippen molar-refractivity contribution in [2.45, 2.75) is 44.0 Å². The predicted octanol–water partition coefficient (Wildman–Crippen LogP) is 4.55. The summed E-state index contributed by atoms with van der Waals surface area (Å²) in [7, 11) is -3.79. The predicted molar refractivity (Wildman–Crippen MR) is 131 cm³/mol. The average Bonchev–Trinajstić information content (AvgIpc) is 3.35. The molecule has 33 heavy (non-hydrogen) atoms. The van der Waals surface area contributed by atoms with Crippen LogP contribution in [0.4, 0.5) is 5.69 Å². The number of aromatic nitrogens is 1. The number of rotatable bonds is 7. The number of likely N-dealkylation sites (tertiary alicyclic amines) is 1. The fourth-order valence-electron chi connectivity index (χ4n) is 4.30. The standard InChI is InChI=1S/C26H31N3O3S/c1-21-5-9-24(10-6-21)29(33(31,32)25-11-7-22(2)8-12-25)20-15-26(30)28-18-13-23(14-19-28)27-16-3-4-17-27/h3-12,16-17,23H,13-15,18-20H2,1-2H3. The van der Waals surface area contributed by atoms with Gasteiger partial charge in [0.2, 0.25) is 5.91 Å². The van der Waals surface area contributed by atoms with Gasteiger partial charge in [-0.2, -0.15) is 0 Å². The zero-order valence-electron chi connectivity index (χ0n) is 19.2. The first-order valence-corrected chi connectivity index (χ1v) is 12.8. The number of amides is 1. The van der Waals surface area contributed by atoms with Crippen LogP contribution in [0.1, 0.15) is 36.4 Å². The highest BCUT2D eigenvalue weighted by atomic mass is 32.2. The molecule has 0 radical (unpaired) electrons. The van der Waals surface area contributed by atoms with Gasteiger partial charge in [0, 0.05) is 44.5 Å². The normalized spacial score (nSPS) is 14.9. The van der Waals surface area contributed by atoms with Crippen molar-refractivity contribution < 1.29 is 13.2 Å². The molecular formula is C26H31N3O3S. The summed E-state index contributed by atoms with van der Waals surface area (Å²) in [5.74, 6) is -0.00262. The van der Waals surface area contributed by atoms with Gasteiger partial charge in [0.05, 0.1) is 10.6 Å². The van der Waals surface area contributed by atoms with Crippen LogP contribution in [0.15, 0.2) is 78.0 Å². The van der Waals surface area contributed by atoms with Crippen molar-refractivity contribution in [3.05, 3.63) is 84.2 Å². The van der Waals surface area contributed by atoms with E-state index in [-0.39, 0.29) is 23.8 Å². The Balaban J connectivity index is 1.47. The van der Waals surface area contributed by atoms with Crippen LogP contribution in [0, 0.1) is 13.8 Å². The third kappa shape index (κ3) is 5.30. The fraction of sp³-hybridized carbons (Fsp3) is 0.346. The van der Waals surface area contributed by atoms with Gasteiger partial charge >= 0.3 is 0 Å². The molecule has 1 saturated heterocycles. The van der Waals surface area contributed by atoms with E-state index in [0.29, 0.717) is 24.8 Å². The maximum Gasteiger partial charge on any atom is 0.264 e. The average molecular weight is 466 g/mol. The summed E-state index contributed by atoms with van der Waals surface area (Å²) in [6.07, 6.45) is 6.09. The van der Waals surface area contributed by atoms with Gasteiger partial charge in [0.15, 0.2) is 0 Å². The molecule has 2 aromatic carbocycles. The molecule has 0 saturated carbocycles. The van der Waals surface area contributed by atoms with Crippen molar-refractivity contribution >= 4 is 21.6 Å². The maximum absolute atomic E-state index is 13.5. The van der Waals surface area contributed by atoms with Crippen LogP contribution >= 0.6 is 0 Å². The van der Waals surface area contributed by atoms with Gasteiger partial charge in [-0.3, -0.25) is 9.10 Å². The topological polar surface area (TPSA) is 62.6 Å². The minimum Gasteiger partial charge on any atom is -0.351 e. The Bertz CT molecular complexity index is 1160. The number of carbonyl (C=O) groups is 1. The third-order valence-electron chi connectivity index (χ3n) is 6.33. The highest BCUT2D eigenvalue weighted by Crippen LogP contribution is 2.26. The van der Waals surface area contributed by atoms with E-state index in [2.05, 4.69) is 17.0 Å². The number of sulfonamides is 1. The number of aryl methyl sites for hydroxylation is 2. The van der Waals surface area contributed by atoms with Gasteiger partial charge in [-0.1, -0.05) is 35.4 Å². The molecule has 0 N–H and O–H groups in total. The van der Waals surface area contributed by atoms with Crippen molar-refractivity contribution in [2.24, 2.45) is 0 Å². The maximum atomic E-state index is 13.5. The SMILES string of the molecule is Cc1ccc(N(CCC(=O)N2CCC(n3cccc3)CC2)S(=O)(=O)c2ccc(C)cc2)cc1. The van der Waals surface area contributed by atoms with Crippen molar-refractivity contribution in [2.75, 3.05) is 23.9 Å². The highest BCUT2D eigenvalue weighted by molar-refractivity contribution is 7.92. The van der Waals surface area contributed by atoms with Crippen LogP contribution in [0.5, 0.6) is 0 Å².